The number of anilines is 1. The van der Waals surface area contributed by atoms with Crippen molar-refractivity contribution in [1.29, 1.82) is 0 Å². The lowest BCUT2D eigenvalue weighted by Crippen LogP contribution is -2.27. The number of para-hydroxylation sites is 3. The summed E-state index contributed by atoms with van der Waals surface area (Å²) in [5.41, 5.74) is 10.2. The Morgan fingerprint density at radius 3 is 1.90 bits per heavy atom. The van der Waals surface area contributed by atoms with Gasteiger partial charge in [-0.1, -0.05) is 127 Å². The number of hydrogen-bond donors (Lipinski definition) is 0. The number of hydrogen-bond acceptors (Lipinski definition) is 4. The lowest BCUT2D eigenvalue weighted by Gasteiger charge is -2.29. The number of nitrogens with zero attached hydrogens (tertiary/aromatic N) is 5. The van der Waals surface area contributed by atoms with Crippen LogP contribution in [-0.4, -0.2) is 26.0 Å². The average Bonchev–Trinajstić information content (AvgIpc) is 3.81. The maximum absolute atomic E-state index is 4.96. The SMILES string of the molecule is C1=CCN2C(=C1)N(c1ccccc1)C(c1ncccn1)=C2c1c2ccccc2c(-c2ccc3ccccc3c2)c2cc3c(cc12)c1ccccc1n3-c1ccccc1. The van der Waals surface area contributed by atoms with Gasteiger partial charge in [-0.3, -0.25) is 4.90 Å². The standard InChI is InChI=1S/C53H35N5/c1-3-18-38(19-4-1)57-46-25-12-11-22-40(46)43-33-44-45(34-47(43)57)49(37-28-27-35-16-7-8-17-36(35)32-37)41-23-9-10-24-42(41)50(44)51-52(53-54-29-15-30-55-53)58(39-20-5-2-6-21-39)48-26-13-14-31-56(48)51/h1-30,32-34H,31H2. The van der Waals surface area contributed by atoms with Crippen LogP contribution in [0, 0.1) is 0 Å². The van der Waals surface area contributed by atoms with Crippen LogP contribution in [0.25, 0.3) is 82.3 Å². The van der Waals surface area contributed by atoms with Crippen molar-refractivity contribution in [2.45, 2.75) is 0 Å². The van der Waals surface area contributed by atoms with Crippen molar-refractivity contribution in [1.82, 2.24) is 19.4 Å². The molecule has 10 aromatic rings. The molecule has 8 aromatic carbocycles. The predicted molar refractivity (Wildman–Crippen MR) is 240 cm³/mol. The number of allylic oxidation sites excluding steroid dienone is 2. The van der Waals surface area contributed by atoms with Gasteiger partial charge in [0.1, 0.15) is 11.5 Å². The van der Waals surface area contributed by atoms with Crippen molar-refractivity contribution in [3.05, 3.63) is 218 Å². The molecule has 5 nitrogen and oxygen atoms in total. The molecule has 2 aliphatic heterocycles. The lowest BCUT2D eigenvalue weighted by molar-refractivity contribution is 0.547. The maximum Gasteiger partial charge on any atom is 0.178 e. The molecule has 0 radical (unpaired) electrons. The summed E-state index contributed by atoms with van der Waals surface area (Å²) >= 11 is 0. The van der Waals surface area contributed by atoms with E-state index in [2.05, 4.69) is 196 Å². The number of benzene rings is 8. The van der Waals surface area contributed by atoms with E-state index in [9.17, 15) is 0 Å². The quantitative estimate of drug-likeness (QED) is 0.165. The summed E-state index contributed by atoms with van der Waals surface area (Å²) in [5.74, 6) is 1.75. The monoisotopic (exact) mass is 741 g/mol. The van der Waals surface area contributed by atoms with Crippen molar-refractivity contribution in [3.8, 4) is 16.8 Å². The van der Waals surface area contributed by atoms with Crippen molar-refractivity contribution < 1.29 is 0 Å². The first kappa shape index (κ1) is 32.5. The summed E-state index contributed by atoms with van der Waals surface area (Å²) in [6.45, 7) is 0.707. The third-order valence-corrected chi connectivity index (χ3v) is 11.8. The Labute approximate surface area is 335 Å². The molecule has 2 aromatic heterocycles. The van der Waals surface area contributed by atoms with Crippen molar-refractivity contribution in [2.24, 2.45) is 0 Å². The largest absolute Gasteiger partial charge is 0.321 e. The lowest BCUT2D eigenvalue weighted by atomic mass is 9.85. The zero-order valence-corrected chi connectivity index (χ0v) is 31.5. The number of rotatable bonds is 5. The van der Waals surface area contributed by atoms with Crippen LogP contribution in [0.3, 0.4) is 0 Å². The van der Waals surface area contributed by atoms with Crippen molar-refractivity contribution >= 4 is 71.2 Å². The summed E-state index contributed by atoms with van der Waals surface area (Å²) in [4.78, 5) is 14.7. The minimum Gasteiger partial charge on any atom is -0.321 e. The molecule has 0 saturated heterocycles. The second-order valence-corrected chi connectivity index (χ2v) is 15.0. The minimum atomic E-state index is 0.675. The van der Waals surface area contributed by atoms with E-state index in [4.69, 9.17) is 9.97 Å². The first-order valence-electron chi connectivity index (χ1n) is 19.8. The Morgan fingerprint density at radius 2 is 1.10 bits per heavy atom. The van der Waals surface area contributed by atoms with Crippen LogP contribution in [0.15, 0.2) is 206 Å². The molecule has 0 atom stereocenters. The summed E-state index contributed by atoms with van der Waals surface area (Å²) in [7, 11) is 0. The van der Waals surface area contributed by atoms with Crippen molar-refractivity contribution in [2.75, 3.05) is 11.4 Å². The Bertz CT molecular complexity index is 3360. The Morgan fingerprint density at radius 1 is 0.448 bits per heavy atom. The molecule has 0 aliphatic carbocycles. The average molecular weight is 742 g/mol. The van der Waals surface area contributed by atoms with Crippen LogP contribution in [-0.2, 0) is 0 Å². The molecule has 0 saturated carbocycles. The van der Waals surface area contributed by atoms with Gasteiger partial charge in [-0.15, -0.1) is 0 Å². The Hall–Kier alpha value is -7.76. The first-order valence-corrected chi connectivity index (χ1v) is 19.8. The molecule has 12 rings (SSSR count). The third-order valence-electron chi connectivity index (χ3n) is 11.8. The van der Waals surface area contributed by atoms with E-state index in [0.29, 0.717) is 12.4 Å². The van der Waals surface area contributed by atoms with Gasteiger partial charge in [0.15, 0.2) is 5.82 Å². The highest BCUT2D eigenvalue weighted by Gasteiger charge is 2.39. The van der Waals surface area contributed by atoms with Crippen LogP contribution in [0.2, 0.25) is 0 Å². The molecule has 2 aliphatic rings. The van der Waals surface area contributed by atoms with Crippen LogP contribution in [0.4, 0.5) is 5.69 Å². The van der Waals surface area contributed by atoms with E-state index in [1.165, 1.54) is 65.3 Å². The van der Waals surface area contributed by atoms with Gasteiger partial charge in [-0.05, 0) is 104 Å². The highest BCUT2D eigenvalue weighted by Crippen LogP contribution is 2.52. The molecule has 272 valence electrons. The van der Waals surface area contributed by atoms with E-state index in [1.807, 2.05) is 18.5 Å². The Kier molecular flexibility index (Phi) is 7.23. The zero-order chi connectivity index (χ0) is 38.2. The van der Waals surface area contributed by atoms with Gasteiger partial charge in [0.2, 0.25) is 0 Å². The normalized spacial score (nSPS) is 14.0. The molecule has 0 unspecified atom stereocenters. The van der Waals surface area contributed by atoms with E-state index < -0.39 is 0 Å². The topological polar surface area (TPSA) is 37.2 Å². The molecular weight excluding hydrogens is 707 g/mol. The van der Waals surface area contributed by atoms with Crippen molar-refractivity contribution in [3.63, 3.8) is 0 Å². The van der Waals surface area contributed by atoms with Crippen LogP contribution < -0.4 is 4.90 Å². The van der Waals surface area contributed by atoms with E-state index >= 15 is 0 Å². The fourth-order valence-corrected chi connectivity index (χ4v) is 9.38. The second-order valence-electron chi connectivity index (χ2n) is 15.0. The van der Waals surface area contributed by atoms with Gasteiger partial charge in [0.05, 0.1) is 16.7 Å². The van der Waals surface area contributed by atoms with Gasteiger partial charge >= 0.3 is 0 Å². The zero-order valence-electron chi connectivity index (χ0n) is 31.5. The van der Waals surface area contributed by atoms with Gasteiger partial charge in [-0.25, -0.2) is 9.97 Å². The molecule has 0 bridgehead atoms. The van der Waals surface area contributed by atoms with Crippen LogP contribution in [0.5, 0.6) is 0 Å². The molecule has 5 heteroatoms. The minimum absolute atomic E-state index is 0.675. The van der Waals surface area contributed by atoms with Gasteiger partial charge in [0, 0.05) is 46.6 Å². The molecule has 0 fully saturated rings. The highest BCUT2D eigenvalue weighted by atomic mass is 15.4. The molecular formula is C53H35N5. The summed E-state index contributed by atoms with van der Waals surface area (Å²) in [5, 5.41) is 9.61. The smallest absolute Gasteiger partial charge is 0.178 e. The van der Waals surface area contributed by atoms with Gasteiger partial charge in [0.25, 0.3) is 0 Å². The summed E-state index contributed by atoms with van der Waals surface area (Å²) in [6.07, 6.45) is 10.3. The predicted octanol–water partition coefficient (Wildman–Crippen LogP) is 12.8. The van der Waals surface area contributed by atoms with Crippen LogP contribution >= 0.6 is 0 Å². The molecule has 0 N–H and O–H groups in total. The van der Waals surface area contributed by atoms with E-state index in [-0.39, 0.29) is 0 Å². The fourth-order valence-electron chi connectivity index (χ4n) is 9.38. The third kappa shape index (κ3) is 4.83. The fraction of sp³-hybridized carbons (Fsp3) is 0.0189. The number of aromatic nitrogens is 3. The highest BCUT2D eigenvalue weighted by molar-refractivity contribution is 6.25. The summed E-state index contributed by atoms with van der Waals surface area (Å²) in [6, 6.07) is 61.5. The Balaban J connectivity index is 1.30. The van der Waals surface area contributed by atoms with Crippen LogP contribution in [0.1, 0.15) is 11.4 Å². The first-order chi connectivity index (χ1) is 28.8. The second kappa shape index (κ2) is 12.9. The number of fused-ring (bicyclic) bond motifs is 7. The molecule has 4 heterocycles. The summed E-state index contributed by atoms with van der Waals surface area (Å²) < 4.78 is 2.43. The van der Waals surface area contributed by atoms with E-state index in [0.717, 1.165) is 34.2 Å². The maximum atomic E-state index is 4.96. The van der Waals surface area contributed by atoms with Gasteiger partial charge in [-0.2, -0.15) is 0 Å². The molecule has 0 amide bonds. The molecule has 58 heavy (non-hydrogen) atoms. The van der Waals surface area contributed by atoms with E-state index in [1.54, 1.807) is 0 Å². The van der Waals surface area contributed by atoms with Gasteiger partial charge < -0.3 is 9.47 Å². The molecule has 0 spiro atoms.